The van der Waals surface area contributed by atoms with E-state index >= 15 is 0 Å². The topological polar surface area (TPSA) is 26.3 Å². The highest BCUT2D eigenvalue weighted by Crippen LogP contribution is 2.11. The Morgan fingerprint density at radius 3 is 2.12 bits per heavy atom. The number of halogens is 1. The van der Waals surface area contributed by atoms with Gasteiger partial charge in [0.15, 0.2) is 0 Å². The van der Waals surface area contributed by atoms with Crippen LogP contribution in [0.4, 0.5) is 0 Å². The summed E-state index contributed by atoms with van der Waals surface area (Å²) in [5.41, 5.74) is 2.53. The van der Waals surface area contributed by atoms with Crippen molar-refractivity contribution in [3.63, 3.8) is 0 Å². The van der Waals surface area contributed by atoms with E-state index in [0.717, 1.165) is 11.1 Å². The highest BCUT2D eigenvalue weighted by molar-refractivity contribution is 6.23. The zero-order chi connectivity index (χ0) is 13.3. The van der Waals surface area contributed by atoms with Crippen molar-refractivity contribution in [2.45, 2.75) is 6.92 Å². The van der Waals surface area contributed by atoms with Crippen molar-refractivity contribution in [1.82, 2.24) is 0 Å². The van der Waals surface area contributed by atoms with Crippen LogP contribution in [-0.4, -0.2) is 19.0 Å². The Labute approximate surface area is 108 Å². The molecule has 0 bridgehead atoms. The molecule has 3 heteroatoms. The summed E-state index contributed by atoms with van der Waals surface area (Å²) in [6, 6.07) is 9.95. The van der Waals surface area contributed by atoms with E-state index in [1.807, 2.05) is 30.3 Å². The summed E-state index contributed by atoms with van der Waals surface area (Å²) in [5, 5.41) is 0. The monoisotopic (exact) mass is 252 g/mol. The molecule has 1 aromatic rings. The third-order valence-electron chi connectivity index (χ3n) is 1.88. The molecule has 0 saturated carbocycles. The predicted molar refractivity (Wildman–Crippen MR) is 73.0 cm³/mol. The molecule has 92 valence electrons. The van der Waals surface area contributed by atoms with Crippen LogP contribution in [0.1, 0.15) is 12.5 Å². The Morgan fingerprint density at radius 1 is 1.29 bits per heavy atom. The minimum absolute atomic E-state index is 0.347. The lowest BCUT2D eigenvalue weighted by atomic mass is 10.1. The molecule has 0 aliphatic rings. The van der Waals surface area contributed by atoms with E-state index in [4.69, 9.17) is 11.6 Å². The quantitative estimate of drug-likeness (QED) is 0.466. The molecule has 0 saturated heterocycles. The van der Waals surface area contributed by atoms with Gasteiger partial charge in [-0.05, 0) is 18.1 Å². The molecule has 0 aliphatic carbocycles. The Kier molecular flexibility index (Phi) is 7.82. The number of hydrogen-bond acceptors (Lipinski definition) is 2. The van der Waals surface area contributed by atoms with E-state index in [-0.39, 0.29) is 5.97 Å². The molecule has 0 unspecified atom stereocenters. The van der Waals surface area contributed by atoms with Crippen LogP contribution in [-0.2, 0) is 9.53 Å². The zero-order valence-corrected chi connectivity index (χ0v) is 11.0. The first-order valence-corrected chi connectivity index (χ1v) is 5.59. The fourth-order valence-electron chi connectivity index (χ4n) is 0.925. The van der Waals surface area contributed by atoms with Crippen LogP contribution in [0.3, 0.4) is 0 Å². The van der Waals surface area contributed by atoms with Gasteiger partial charge >= 0.3 is 5.97 Å². The molecular weight excluding hydrogens is 236 g/mol. The number of carbonyl (C=O) groups excluding carboxylic acids is 1. The first kappa shape index (κ1) is 15.5. The van der Waals surface area contributed by atoms with E-state index in [0.29, 0.717) is 11.5 Å². The summed E-state index contributed by atoms with van der Waals surface area (Å²) in [4.78, 5) is 10.2. The molecular formula is C14H17ClO2. The van der Waals surface area contributed by atoms with Gasteiger partial charge in [-0.3, -0.25) is 0 Å². The fourth-order valence-corrected chi connectivity index (χ4v) is 1.08. The summed E-state index contributed by atoms with van der Waals surface area (Å²) in [7, 11) is 1.33. The van der Waals surface area contributed by atoms with E-state index < -0.39 is 0 Å². The highest BCUT2D eigenvalue weighted by Gasteiger charge is 1.95. The maximum absolute atomic E-state index is 10.2. The first-order chi connectivity index (χ1) is 8.02. The van der Waals surface area contributed by atoms with Gasteiger partial charge in [0.25, 0.3) is 0 Å². The molecule has 0 amide bonds. The molecule has 17 heavy (non-hydrogen) atoms. The van der Waals surface area contributed by atoms with Crippen molar-refractivity contribution in [3.8, 4) is 0 Å². The van der Waals surface area contributed by atoms with Crippen molar-refractivity contribution in [2.24, 2.45) is 0 Å². The number of carbonyl (C=O) groups is 1. The van der Waals surface area contributed by atoms with Crippen LogP contribution in [0.25, 0.3) is 5.57 Å². The second kappa shape index (κ2) is 8.59. The Morgan fingerprint density at radius 2 is 1.82 bits per heavy atom. The van der Waals surface area contributed by atoms with Crippen LogP contribution in [0.5, 0.6) is 0 Å². The Bertz CT molecular complexity index is 382. The molecule has 0 aliphatic heterocycles. The van der Waals surface area contributed by atoms with Gasteiger partial charge in [-0.25, -0.2) is 4.79 Å². The van der Waals surface area contributed by atoms with E-state index in [2.05, 4.69) is 17.9 Å². The average Bonchev–Trinajstić information content (AvgIpc) is 2.38. The molecule has 0 aromatic heterocycles. The maximum atomic E-state index is 10.2. The molecule has 1 aromatic carbocycles. The molecule has 2 nitrogen and oxygen atoms in total. The van der Waals surface area contributed by atoms with Gasteiger partial charge in [0.1, 0.15) is 0 Å². The lowest BCUT2D eigenvalue weighted by Crippen LogP contribution is -1.98. The van der Waals surface area contributed by atoms with Crippen LogP contribution in [0.2, 0.25) is 0 Å². The third-order valence-corrected chi connectivity index (χ3v) is 2.20. The highest BCUT2D eigenvalue weighted by atomic mass is 35.5. The van der Waals surface area contributed by atoms with Crippen LogP contribution in [0, 0.1) is 0 Å². The average molecular weight is 253 g/mol. The SMILES string of the molecule is C=C(C)C(=O)OC.C=C(CCl)c1ccccc1. The standard InChI is InChI=1S/C9H9Cl.C5H8O2/c1-8(7-10)9-5-3-2-4-6-9;1-4(2)5(6)7-3/h2-6H,1,7H2;1H2,2-3H3. The maximum Gasteiger partial charge on any atom is 0.332 e. The summed E-state index contributed by atoms with van der Waals surface area (Å²) in [6.45, 7) is 8.77. The van der Waals surface area contributed by atoms with Gasteiger partial charge in [0.2, 0.25) is 0 Å². The van der Waals surface area contributed by atoms with Gasteiger partial charge in [-0.2, -0.15) is 0 Å². The van der Waals surface area contributed by atoms with Gasteiger partial charge in [0.05, 0.1) is 7.11 Å². The second-order valence-electron chi connectivity index (χ2n) is 3.38. The van der Waals surface area contributed by atoms with Crippen molar-refractivity contribution in [1.29, 1.82) is 0 Å². The minimum Gasteiger partial charge on any atom is -0.466 e. The van der Waals surface area contributed by atoms with Gasteiger partial charge < -0.3 is 4.74 Å². The normalized spacial score (nSPS) is 8.65. The van der Waals surface area contributed by atoms with Crippen LogP contribution >= 0.6 is 11.6 Å². The number of methoxy groups -OCH3 is 1. The molecule has 0 radical (unpaired) electrons. The Balaban J connectivity index is 0.000000325. The first-order valence-electron chi connectivity index (χ1n) is 5.06. The molecule has 1 rings (SSSR count). The smallest absolute Gasteiger partial charge is 0.332 e. The van der Waals surface area contributed by atoms with Gasteiger partial charge in [-0.15, -0.1) is 11.6 Å². The minimum atomic E-state index is -0.347. The van der Waals surface area contributed by atoms with Crippen molar-refractivity contribution < 1.29 is 9.53 Å². The number of esters is 1. The summed E-state index contributed by atoms with van der Waals surface area (Å²) in [5.74, 6) is 0.157. The van der Waals surface area contributed by atoms with Crippen molar-refractivity contribution in [3.05, 3.63) is 54.6 Å². The van der Waals surface area contributed by atoms with E-state index in [1.54, 1.807) is 6.92 Å². The molecule has 0 atom stereocenters. The van der Waals surface area contributed by atoms with Gasteiger partial charge in [-0.1, -0.05) is 43.5 Å². The number of ether oxygens (including phenoxy) is 1. The van der Waals surface area contributed by atoms with Crippen LogP contribution < -0.4 is 0 Å². The van der Waals surface area contributed by atoms with Gasteiger partial charge in [0, 0.05) is 11.5 Å². The third kappa shape index (κ3) is 6.59. The molecule has 0 spiro atoms. The van der Waals surface area contributed by atoms with Crippen molar-refractivity contribution in [2.75, 3.05) is 13.0 Å². The predicted octanol–water partition coefficient (Wildman–Crippen LogP) is 3.67. The molecule has 0 heterocycles. The summed E-state index contributed by atoms with van der Waals surface area (Å²) in [6.07, 6.45) is 0. The van der Waals surface area contributed by atoms with E-state index in [9.17, 15) is 4.79 Å². The largest absolute Gasteiger partial charge is 0.466 e. The summed E-state index contributed by atoms with van der Waals surface area (Å²) < 4.78 is 4.27. The fraction of sp³-hybridized carbons (Fsp3) is 0.214. The van der Waals surface area contributed by atoms with E-state index in [1.165, 1.54) is 7.11 Å². The molecule has 0 fully saturated rings. The summed E-state index contributed by atoms with van der Waals surface area (Å²) >= 11 is 5.59. The number of rotatable bonds is 3. The lowest BCUT2D eigenvalue weighted by Gasteiger charge is -1.98. The zero-order valence-electron chi connectivity index (χ0n) is 10.2. The number of allylic oxidation sites excluding steroid dienone is 1. The number of benzene rings is 1. The lowest BCUT2D eigenvalue weighted by molar-refractivity contribution is -0.136. The molecule has 0 N–H and O–H groups in total. The number of hydrogen-bond donors (Lipinski definition) is 0. The van der Waals surface area contributed by atoms with Crippen LogP contribution in [0.15, 0.2) is 49.1 Å². The Hall–Kier alpha value is -1.54. The second-order valence-corrected chi connectivity index (χ2v) is 3.64. The van der Waals surface area contributed by atoms with Crippen molar-refractivity contribution >= 4 is 23.1 Å². The number of alkyl halides is 1.